The summed E-state index contributed by atoms with van der Waals surface area (Å²) in [6, 6.07) is 64.6. The molecule has 0 bridgehead atoms. The Morgan fingerprint density at radius 1 is 0.521 bits per heavy atom. The van der Waals surface area contributed by atoms with E-state index in [4.69, 9.17) is 13.8 Å². The maximum Gasteiger partial charge on any atom is 0.135 e. The largest absolute Gasteiger partial charge is 0.509 e. The molecule has 0 amide bonds. The fourth-order valence-corrected chi connectivity index (χ4v) is 10.6. The van der Waals surface area contributed by atoms with Crippen LogP contribution in [0.4, 0.5) is 11.4 Å². The molecule has 0 saturated heterocycles. The molecule has 5 nitrogen and oxygen atoms in total. The third-order valence-corrected chi connectivity index (χ3v) is 14.4. The van der Waals surface area contributed by atoms with Gasteiger partial charge in [-0.05, 0) is 131 Å². The summed E-state index contributed by atoms with van der Waals surface area (Å²) in [7, 11) is 0. The van der Waals surface area contributed by atoms with Crippen molar-refractivity contribution in [1.82, 2.24) is 14.1 Å². The summed E-state index contributed by atoms with van der Waals surface area (Å²) in [6.07, 6.45) is 1.89. The van der Waals surface area contributed by atoms with Crippen molar-refractivity contribution in [1.29, 1.82) is 0 Å². The molecule has 1 aliphatic rings. The number of pyridine rings is 1. The molecule has 3 aromatic heterocycles. The number of fused-ring (bicyclic) bond motifs is 10. The summed E-state index contributed by atoms with van der Waals surface area (Å²) in [5, 5.41) is 8.73. The van der Waals surface area contributed by atoms with E-state index in [1.54, 1.807) is 0 Å². The number of aromatic nitrogens is 3. The zero-order valence-electron chi connectivity index (χ0n) is 45.8. The number of aryl methyl sites for hydroxylation is 1. The van der Waals surface area contributed by atoms with Gasteiger partial charge in [-0.3, -0.25) is 0 Å². The second-order valence-corrected chi connectivity index (χ2v) is 22.4. The fourth-order valence-electron chi connectivity index (χ4n) is 10.6. The number of benzene rings is 8. The molecule has 0 aliphatic carbocycles. The second-order valence-electron chi connectivity index (χ2n) is 22.4. The first-order valence-electron chi connectivity index (χ1n) is 26.4. The van der Waals surface area contributed by atoms with Gasteiger partial charge in [0.25, 0.3) is 0 Å². The Balaban J connectivity index is 0.00000616. The van der Waals surface area contributed by atoms with Crippen LogP contribution >= 0.6 is 0 Å². The summed E-state index contributed by atoms with van der Waals surface area (Å²) in [6.45, 7) is 19.7. The van der Waals surface area contributed by atoms with Gasteiger partial charge in [0, 0.05) is 54.1 Å². The van der Waals surface area contributed by atoms with Crippen LogP contribution in [0.15, 0.2) is 170 Å². The first-order valence-corrected chi connectivity index (χ1v) is 24.9. The summed E-state index contributed by atoms with van der Waals surface area (Å²) in [4.78, 5) is 7.09. The molecule has 0 spiro atoms. The fraction of sp³-hybridized carbons (Fsp3) is 0.194. The monoisotopic (exact) mass is 1130 g/mol. The van der Waals surface area contributed by atoms with Crippen LogP contribution in [-0.2, 0) is 37.3 Å². The minimum Gasteiger partial charge on any atom is -0.509 e. The zero-order chi connectivity index (χ0) is 52.3. The van der Waals surface area contributed by atoms with Crippen LogP contribution in [0, 0.1) is 25.7 Å². The van der Waals surface area contributed by atoms with Crippen molar-refractivity contribution >= 4 is 76.5 Å². The molecule has 4 heterocycles. The van der Waals surface area contributed by atoms with E-state index < -0.39 is 6.85 Å². The van der Waals surface area contributed by atoms with E-state index in [2.05, 4.69) is 229 Å². The topological polar surface area (TPSA) is 35.2 Å². The van der Waals surface area contributed by atoms with Crippen LogP contribution in [0.25, 0.3) is 82.1 Å². The van der Waals surface area contributed by atoms with Crippen LogP contribution in [0.1, 0.15) is 88.7 Å². The van der Waals surface area contributed by atoms with Gasteiger partial charge in [-0.25, -0.2) is 4.98 Å². The Kier molecular flexibility index (Phi) is 10.8. The molecule has 12 rings (SSSR count). The van der Waals surface area contributed by atoms with Gasteiger partial charge in [0.15, 0.2) is 0 Å². The Morgan fingerprint density at radius 3 is 1.84 bits per heavy atom. The number of rotatable bonds is 5. The van der Waals surface area contributed by atoms with Gasteiger partial charge >= 0.3 is 0 Å². The van der Waals surface area contributed by atoms with Crippen LogP contribution < -0.4 is 9.64 Å². The third kappa shape index (κ3) is 8.32. The van der Waals surface area contributed by atoms with Gasteiger partial charge in [0.2, 0.25) is 0 Å². The van der Waals surface area contributed by atoms with Crippen molar-refractivity contribution < 1.29 is 29.9 Å². The number of para-hydroxylation sites is 2. The van der Waals surface area contributed by atoms with E-state index in [0.29, 0.717) is 17.1 Å². The summed E-state index contributed by atoms with van der Waals surface area (Å²) in [5.41, 5.74) is 10.4. The van der Waals surface area contributed by atoms with Crippen molar-refractivity contribution in [3.05, 3.63) is 211 Å². The molecule has 11 aromatic rings. The maximum absolute atomic E-state index is 8.74. The number of hydrogen-bond acceptors (Lipinski definition) is 3. The van der Waals surface area contributed by atoms with Gasteiger partial charge in [0.1, 0.15) is 5.82 Å². The molecule has 0 unspecified atom stereocenters. The van der Waals surface area contributed by atoms with E-state index in [0.717, 1.165) is 105 Å². The van der Waals surface area contributed by atoms with Crippen molar-refractivity contribution in [2.24, 2.45) is 0 Å². The molecule has 73 heavy (non-hydrogen) atoms. The van der Waals surface area contributed by atoms with E-state index >= 15 is 0 Å². The van der Waals surface area contributed by atoms with Crippen LogP contribution in [0.5, 0.6) is 11.5 Å². The third-order valence-electron chi connectivity index (χ3n) is 14.4. The molecule has 0 atom stereocenters. The molecule has 0 N–H and O–H groups in total. The maximum atomic E-state index is 8.74. The van der Waals surface area contributed by atoms with E-state index in [9.17, 15) is 0 Å². The van der Waals surface area contributed by atoms with Crippen LogP contribution in [0.3, 0.4) is 0 Å². The second kappa shape index (κ2) is 17.7. The van der Waals surface area contributed by atoms with Gasteiger partial charge < -0.3 is 18.8 Å². The Labute approximate surface area is 447 Å². The van der Waals surface area contributed by atoms with E-state index in [1.807, 2.05) is 36.5 Å². The quantitative estimate of drug-likeness (QED) is 0.161. The molecule has 0 radical (unpaired) electrons. The normalized spacial score (nSPS) is 13.5. The molecule has 6 heteroatoms. The summed E-state index contributed by atoms with van der Waals surface area (Å²) < 4.78 is 37.5. The van der Waals surface area contributed by atoms with E-state index in [1.165, 1.54) is 5.56 Å². The smallest absolute Gasteiger partial charge is 0.135 e. The first kappa shape index (κ1) is 44.4. The average molecular weight is 1130 g/mol. The van der Waals surface area contributed by atoms with Crippen molar-refractivity contribution in [3.63, 3.8) is 0 Å². The predicted octanol–water partition coefficient (Wildman–Crippen LogP) is 18.1. The minimum atomic E-state index is -2.33. The summed E-state index contributed by atoms with van der Waals surface area (Å²) >= 11 is 0. The Bertz CT molecular complexity index is 4170. The number of anilines is 2. The number of hydrogen-bond donors (Lipinski definition) is 0. The molecule has 0 fully saturated rings. The molecule has 0 saturated carbocycles. The average Bonchev–Trinajstić information content (AvgIpc) is 3.99. The zero-order valence-corrected chi connectivity index (χ0v) is 45.0. The molecule has 8 aromatic carbocycles. The van der Waals surface area contributed by atoms with Crippen LogP contribution in [-0.4, -0.2) is 14.1 Å². The predicted molar refractivity (Wildman–Crippen MR) is 303 cm³/mol. The number of ether oxygens (including phenoxy) is 1. The Hall–Kier alpha value is -7.33. The molecular formula is C67H59N4OPt-3. The molecule has 366 valence electrons. The van der Waals surface area contributed by atoms with Crippen LogP contribution in [0.2, 0.25) is 0 Å². The standard InChI is InChI=1S/C67H59N4O.Pt/c1-42-33-43(35-45(34-42)66(5,6)7)57-36-46(67(8,9)10)37-58-53-24-14-12-22-51(53)50-21-11-13-23-52(50)56-26-18-28-60-64(56)70(63(57)58)41-69(60)47-19-17-20-48(39-47)72-49-29-30-55-54-25-15-16-27-59(54)71(61(55)40-49)62-38-44(31-32-68-62)65(2,3)4;/h11-38,41H,1-10H3;/q-3;/i1D3;. The van der Waals surface area contributed by atoms with E-state index in [-0.39, 0.29) is 37.3 Å². The first-order chi connectivity index (χ1) is 35.7. The number of nitrogens with zero attached hydrogens (tertiary/aromatic N) is 4. The van der Waals surface area contributed by atoms with Crippen molar-refractivity contribution in [2.75, 3.05) is 4.90 Å². The Morgan fingerprint density at radius 2 is 1.14 bits per heavy atom. The SMILES string of the molecule is [2H]C([2H])([2H])c1cc(-c2cc(C(C)(C)C)cc3c4ccccc4c4ccccc4c4cccc5c4n(c23)[CH-]N5c2[c-]c(Oc3[c-]c4c(cc3)c3ccccc3n4-c3cc(C(C)(C)C)ccn3)ccc2)cc(C(C)(C)C)c1.[Pt]. The van der Waals surface area contributed by atoms with Gasteiger partial charge in [-0.1, -0.05) is 188 Å². The van der Waals surface area contributed by atoms with Gasteiger partial charge in [0.05, 0.1) is 0 Å². The van der Waals surface area contributed by atoms with Crippen molar-refractivity contribution in [3.8, 4) is 28.4 Å². The van der Waals surface area contributed by atoms with Gasteiger partial charge in [-0.15, -0.1) is 35.7 Å². The summed E-state index contributed by atoms with van der Waals surface area (Å²) in [5.74, 6) is 1.92. The molecular weight excluding hydrogens is 1070 g/mol. The molecule has 1 aliphatic heterocycles. The van der Waals surface area contributed by atoms with Gasteiger partial charge in [-0.2, -0.15) is 12.1 Å². The minimum absolute atomic E-state index is 0. The van der Waals surface area contributed by atoms with Crippen molar-refractivity contribution in [2.45, 2.75) is 85.4 Å².